The van der Waals surface area contributed by atoms with Gasteiger partial charge in [0.15, 0.2) is 6.61 Å². The molecule has 0 atom stereocenters. The van der Waals surface area contributed by atoms with E-state index >= 15 is 0 Å². The number of alkyl halides is 3. The quantitative estimate of drug-likeness (QED) is 0.546. The number of halogens is 3. The fraction of sp³-hybridized carbons (Fsp3) is 0.667. The summed E-state index contributed by atoms with van der Waals surface area (Å²) in [6.07, 6.45) is -3.26. The zero-order valence-corrected chi connectivity index (χ0v) is 8.68. The summed E-state index contributed by atoms with van der Waals surface area (Å²) in [4.78, 5) is 10.7. The molecule has 0 aromatic rings. The van der Waals surface area contributed by atoms with E-state index in [-0.39, 0.29) is 13.2 Å². The minimum atomic E-state index is -4.50. The number of nitrogens with one attached hydrogen (secondary N) is 1. The van der Waals surface area contributed by atoms with Gasteiger partial charge in [0.1, 0.15) is 0 Å². The maximum absolute atomic E-state index is 11.6. The number of rotatable bonds is 7. The van der Waals surface area contributed by atoms with Crippen LogP contribution in [0.15, 0.2) is 12.7 Å². The zero-order valence-electron chi connectivity index (χ0n) is 8.68. The second kappa shape index (κ2) is 7.98. The maximum atomic E-state index is 11.6. The first-order valence-electron chi connectivity index (χ1n) is 4.61. The topological polar surface area (TPSA) is 47.6 Å². The van der Waals surface area contributed by atoms with Gasteiger partial charge in [-0.3, -0.25) is 0 Å². The van der Waals surface area contributed by atoms with Gasteiger partial charge in [0.25, 0.3) is 0 Å². The molecule has 1 N–H and O–H groups in total. The molecule has 0 fully saturated rings. The van der Waals surface area contributed by atoms with Crippen LogP contribution in [0.25, 0.3) is 0 Å². The van der Waals surface area contributed by atoms with Gasteiger partial charge >= 0.3 is 12.3 Å². The van der Waals surface area contributed by atoms with Crippen LogP contribution < -0.4 is 5.32 Å². The van der Waals surface area contributed by atoms with E-state index in [1.807, 2.05) is 0 Å². The van der Waals surface area contributed by atoms with Gasteiger partial charge in [-0.25, -0.2) is 4.79 Å². The highest BCUT2D eigenvalue weighted by atomic mass is 19.4. The number of hydrogen-bond acceptors (Lipinski definition) is 3. The van der Waals surface area contributed by atoms with E-state index < -0.39 is 18.9 Å². The largest absolute Gasteiger partial charge is 0.440 e. The van der Waals surface area contributed by atoms with Crippen LogP contribution in [0.2, 0.25) is 0 Å². The van der Waals surface area contributed by atoms with Crippen molar-refractivity contribution in [1.29, 1.82) is 0 Å². The van der Waals surface area contributed by atoms with Gasteiger partial charge in [0.05, 0.1) is 13.2 Å². The lowest BCUT2D eigenvalue weighted by molar-refractivity contribution is -0.160. The molecular weight excluding hydrogens is 227 g/mol. The fourth-order valence-corrected chi connectivity index (χ4v) is 0.692. The van der Waals surface area contributed by atoms with E-state index in [9.17, 15) is 18.0 Å². The number of amides is 1. The SMILES string of the molecule is C=CCCOCCNC(=O)OCC(F)(F)F. The van der Waals surface area contributed by atoms with Crippen molar-refractivity contribution in [3.05, 3.63) is 12.7 Å². The van der Waals surface area contributed by atoms with Crippen molar-refractivity contribution in [2.24, 2.45) is 0 Å². The van der Waals surface area contributed by atoms with E-state index in [1.54, 1.807) is 6.08 Å². The number of hydrogen-bond donors (Lipinski definition) is 1. The predicted octanol–water partition coefficient (Wildman–Crippen LogP) is 1.87. The molecule has 4 nitrogen and oxygen atoms in total. The Bertz CT molecular complexity index is 219. The van der Waals surface area contributed by atoms with Crippen LogP contribution >= 0.6 is 0 Å². The monoisotopic (exact) mass is 241 g/mol. The Labute approximate surface area is 91.4 Å². The molecule has 0 aliphatic carbocycles. The molecule has 0 heterocycles. The summed E-state index contributed by atoms with van der Waals surface area (Å²) in [5.74, 6) is 0. The Balaban J connectivity index is 3.34. The normalized spacial score (nSPS) is 10.9. The van der Waals surface area contributed by atoms with Crippen LogP contribution in [-0.4, -0.2) is 38.6 Å². The average molecular weight is 241 g/mol. The molecular formula is C9H14F3NO3. The first kappa shape index (κ1) is 14.8. The third-order valence-electron chi connectivity index (χ3n) is 1.35. The van der Waals surface area contributed by atoms with Crippen LogP contribution in [0.5, 0.6) is 0 Å². The van der Waals surface area contributed by atoms with Crippen molar-refractivity contribution < 1.29 is 27.4 Å². The smallest absolute Gasteiger partial charge is 0.422 e. The lowest BCUT2D eigenvalue weighted by Gasteiger charge is -2.09. The number of carbonyl (C=O) groups excluding carboxylic acids is 1. The van der Waals surface area contributed by atoms with Gasteiger partial charge in [-0.1, -0.05) is 6.08 Å². The van der Waals surface area contributed by atoms with Crippen molar-refractivity contribution in [1.82, 2.24) is 5.32 Å². The van der Waals surface area contributed by atoms with Crippen LogP contribution in [0.4, 0.5) is 18.0 Å². The Hall–Kier alpha value is -1.24. The van der Waals surface area contributed by atoms with Gasteiger partial charge in [-0.15, -0.1) is 6.58 Å². The van der Waals surface area contributed by atoms with Crippen LogP contribution in [-0.2, 0) is 9.47 Å². The molecule has 0 aliphatic rings. The molecule has 0 unspecified atom stereocenters. The number of ether oxygens (including phenoxy) is 2. The molecule has 0 aromatic carbocycles. The highest BCUT2D eigenvalue weighted by molar-refractivity contribution is 5.67. The van der Waals surface area contributed by atoms with E-state index in [0.29, 0.717) is 13.0 Å². The summed E-state index contributed by atoms with van der Waals surface area (Å²) >= 11 is 0. The maximum Gasteiger partial charge on any atom is 0.422 e. The lowest BCUT2D eigenvalue weighted by atomic mass is 10.4. The molecule has 0 aliphatic heterocycles. The lowest BCUT2D eigenvalue weighted by Crippen LogP contribution is -2.31. The summed E-state index contributed by atoms with van der Waals surface area (Å²) in [5, 5.41) is 2.12. The third kappa shape index (κ3) is 10.8. The zero-order chi connectivity index (χ0) is 12.4. The first-order valence-corrected chi connectivity index (χ1v) is 4.61. The second-order valence-electron chi connectivity index (χ2n) is 2.81. The van der Waals surface area contributed by atoms with Crippen molar-refractivity contribution >= 4 is 6.09 Å². The van der Waals surface area contributed by atoms with Gasteiger partial charge < -0.3 is 14.8 Å². The third-order valence-corrected chi connectivity index (χ3v) is 1.35. The number of carbonyl (C=O) groups is 1. The fourth-order valence-electron chi connectivity index (χ4n) is 0.692. The predicted molar refractivity (Wildman–Crippen MR) is 51.0 cm³/mol. The Kier molecular flexibility index (Phi) is 7.36. The molecule has 0 aromatic heterocycles. The van der Waals surface area contributed by atoms with Gasteiger partial charge in [-0.2, -0.15) is 13.2 Å². The minimum Gasteiger partial charge on any atom is -0.440 e. The first-order chi connectivity index (χ1) is 7.45. The summed E-state index contributed by atoms with van der Waals surface area (Å²) in [6.45, 7) is 2.67. The van der Waals surface area contributed by atoms with Crippen molar-refractivity contribution in [2.45, 2.75) is 12.6 Å². The van der Waals surface area contributed by atoms with E-state index in [2.05, 4.69) is 16.6 Å². The molecule has 94 valence electrons. The van der Waals surface area contributed by atoms with Crippen LogP contribution in [0.3, 0.4) is 0 Å². The van der Waals surface area contributed by atoms with E-state index in [0.717, 1.165) is 0 Å². The highest BCUT2D eigenvalue weighted by Gasteiger charge is 2.29. The van der Waals surface area contributed by atoms with E-state index in [1.165, 1.54) is 0 Å². The summed E-state index contributed by atoms with van der Waals surface area (Å²) in [7, 11) is 0. The molecule has 0 spiro atoms. The standard InChI is InChI=1S/C9H14F3NO3/c1-2-3-5-15-6-4-13-8(14)16-7-9(10,11)12/h2H,1,3-7H2,(H,13,14). The molecule has 0 saturated heterocycles. The Morgan fingerprint density at radius 1 is 1.38 bits per heavy atom. The van der Waals surface area contributed by atoms with Crippen molar-refractivity contribution in [2.75, 3.05) is 26.4 Å². The number of alkyl carbamates (subject to hydrolysis) is 1. The molecule has 0 saturated carbocycles. The van der Waals surface area contributed by atoms with Crippen molar-refractivity contribution in [3.63, 3.8) is 0 Å². The molecule has 0 bridgehead atoms. The van der Waals surface area contributed by atoms with E-state index in [4.69, 9.17) is 4.74 Å². The second-order valence-corrected chi connectivity index (χ2v) is 2.81. The van der Waals surface area contributed by atoms with Crippen molar-refractivity contribution in [3.8, 4) is 0 Å². The molecule has 7 heteroatoms. The highest BCUT2D eigenvalue weighted by Crippen LogP contribution is 2.14. The van der Waals surface area contributed by atoms with Crippen LogP contribution in [0, 0.1) is 0 Å². The minimum absolute atomic E-state index is 0.105. The Morgan fingerprint density at radius 3 is 2.62 bits per heavy atom. The average Bonchev–Trinajstić information content (AvgIpc) is 2.19. The van der Waals surface area contributed by atoms with Crippen LogP contribution in [0.1, 0.15) is 6.42 Å². The van der Waals surface area contributed by atoms with Gasteiger partial charge in [0.2, 0.25) is 0 Å². The van der Waals surface area contributed by atoms with Gasteiger partial charge in [0, 0.05) is 6.54 Å². The summed E-state index contributed by atoms with van der Waals surface area (Å²) in [6, 6.07) is 0. The molecule has 0 rings (SSSR count). The summed E-state index contributed by atoms with van der Waals surface area (Å²) in [5.41, 5.74) is 0. The summed E-state index contributed by atoms with van der Waals surface area (Å²) < 4.78 is 43.7. The Morgan fingerprint density at radius 2 is 2.06 bits per heavy atom. The molecule has 1 amide bonds. The molecule has 16 heavy (non-hydrogen) atoms. The molecule has 0 radical (unpaired) electrons. The van der Waals surface area contributed by atoms with Gasteiger partial charge in [-0.05, 0) is 6.42 Å².